The number of rotatable bonds is 10. The Bertz CT molecular complexity index is 166. The minimum Gasteiger partial charge on any atom is -0.392 e. The topological polar surface area (TPSA) is 20.2 Å². The fourth-order valence-corrected chi connectivity index (χ4v) is 1.60. The molecule has 0 heterocycles. The van der Waals surface area contributed by atoms with Crippen LogP contribution >= 0.6 is 0 Å². The van der Waals surface area contributed by atoms with E-state index in [-0.39, 0.29) is 6.61 Å². The molecule has 0 rings (SSSR count). The van der Waals surface area contributed by atoms with Crippen LogP contribution in [0.5, 0.6) is 0 Å². The van der Waals surface area contributed by atoms with Crippen LogP contribution in [0.2, 0.25) is 0 Å². The van der Waals surface area contributed by atoms with Crippen LogP contribution in [0.15, 0.2) is 17.9 Å². The summed E-state index contributed by atoms with van der Waals surface area (Å²) in [5.74, 6) is 0. The van der Waals surface area contributed by atoms with E-state index in [9.17, 15) is 0 Å². The number of aliphatic hydroxyl groups excluding tert-OH is 1. The summed E-state index contributed by atoms with van der Waals surface area (Å²) in [6.07, 6.45) is 15.7. The van der Waals surface area contributed by atoms with Gasteiger partial charge >= 0.3 is 0 Å². The van der Waals surface area contributed by atoms with Gasteiger partial charge in [0.05, 0.1) is 6.61 Å². The van der Waals surface area contributed by atoms with E-state index in [4.69, 9.17) is 5.11 Å². The lowest BCUT2D eigenvalue weighted by atomic mass is 10.1. The summed E-state index contributed by atoms with van der Waals surface area (Å²) in [5.41, 5.74) is 2.95. The number of hydrogen-bond acceptors (Lipinski definition) is 1. The van der Waals surface area contributed by atoms with Crippen molar-refractivity contribution in [1.29, 1.82) is 0 Å². The molecule has 1 nitrogen and oxygen atoms in total. The van der Waals surface area contributed by atoms with Gasteiger partial charge in [0.15, 0.2) is 0 Å². The third-order valence-electron chi connectivity index (χ3n) is 2.53. The van der Waals surface area contributed by atoms with Crippen molar-refractivity contribution in [2.24, 2.45) is 0 Å². The van der Waals surface area contributed by atoms with E-state index < -0.39 is 0 Å². The fraction of sp³-hybridized carbons (Fsp3) is 0.786. The average Bonchev–Trinajstić information content (AvgIpc) is 2.26. The molecule has 0 aromatic rings. The van der Waals surface area contributed by atoms with E-state index in [0.29, 0.717) is 0 Å². The average molecular weight is 210 g/mol. The van der Waals surface area contributed by atoms with Crippen molar-refractivity contribution in [1.82, 2.24) is 0 Å². The number of hydrogen-bond donors (Lipinski definition) is 1. The highest BCUT2D eigenvalue weighted by Gasteiger charge is 1.89. The van der Waals surface area contributed by atoms with Gasteiger partial charge in [0.25, 0.3) is 0 Å². The van der Waals surface area contributed by atoms with Crippen LogP contribution in [-0.4, -0.2) is 11.7 Å². The maximum absolute atomic E-state index is 8.47. The Morgan fingerprint density at radius 3 is 2.07 bits per heavy atom. The van der Waals surface area contributed by atoms with E-state index in [1.54, 1.807) is 6.08 Å². The van der Waals surface area contributed by atoms with Crippen LogP contribution in [-0.2, 0) is 0 Å². The van der Waals surface area contributed by atoms with Crippen molar-refractivity contribution >= 4 is 0 Å². The summed E-state index contributed by atoms with van der Waals surface area (Å²) in [7, 11) is 0. The minimum atomic E-state index is 0.105. The Labute approximate surface area is 94.9 Å². The Morgan fingerprint density at radius 2 is 1.47 bits per heavy atom. The van der Waals surface area contributed by atoms with Gasteiger partial charge in [-0.1, -0.05) is 51.9 Å². The smallest absolute Gasteiger partial charge is 0.0686 e. The normalized spacial score (nSPS) is 9.73. The van der Waals surface area contributed by atoms with E-state index in [1.807, 2.05) is 6.08 Å². The summed E-state index contributed by atoms with van der Waals surface area (Å²) in [6.45, 7) is 2.36. The molecular weight excluding hydrogens is 184 g/mol. The lowest BCUT2D eigenvalue weighted by molar-refractivity contribution is 0.343. The van der Waals surface area contributed by atoms with Gasteiger partial charge in [-0.25, -0.2) is 0 Å². The standard InChI is InChI=1S/C14H26O/c1-2-3-4-5-6-7-8-9-10-11-12-13-14-15/h11,13,15H,2-10,14H2,1H3. The first-order valence-electron chi connectivity index (χ1n) is 6.42. The highest BCUT2D eigenvalue weighted by molar-refractivity contribution is 4.83. The molecule has 0 radical (unpaired) electrons. The first-order chi connectivity index (χ1) is 7.41. The minimum absolute atomic E-state index is 0.105. The molecule has 0 bridgehead atoms. The SMILES string of the molecule is CCCCCCCCCCC=C=CCO. The summed E-state index contributed by atoms with van der Waals surface area (Å²) in [4.78, 5) is 0. The molecular formula is C14H26O. The Kier molecular flexibility index (Phi) is 13.0. The lowest BCUT2D eigenvalue weighted by Crippen LogP contribution is -1.79. The van der Waals surface area contributed by atoms with E-state index in [1.165, 1.54) is 51.4 Å². The van der Waals surface area contributed by atoms with Gasteiger partial charge in [0, 0.05) is 0 Å². The molecule has 88 valence electrons. The van der Waals surface area contributed by atoms with Crippen molar-refractivity contribution in [2.75, 3.05) is 6.61 Å². The molecule has 1 heteroatoms. The molecule has 0 spiro atoms. The number of aliphatic hydroxyl groups is 1. The van der Waals surface area contributed by atoms with Gasteiger partial charge in [-0.3, -0.25) is 0 Å². The summed E-state index contributed by atoms with van der Waals surface area (Å²) >= 11 is 0. The lowest BCUT2D eigenvalue weighted by Gasteiger charge is -1.99. The summed E-state index contributed by atoms with van der Waals surface area (Å²) < 4.78 is 0. The molecule has 1 N–H and O–H groups in total. The molecule has 0 saturated carbocycles. The van der Waals surface area contributed by atoms with E-state index in [0.717, 1.165) is 6.42 Å². The monoisotopic (exact) mass is 210 g/mol. The Morgan fingerprint density at radius 1 is 0.867 bits per heavy atom. The Hall–Kier alpha value is -0.520. The van der Waals surface area contributed by atoms with Crippen molar-refractivity contribution < 1.29 is 5.11 Å². The molecule has 15 heavy (non-hydrogen) atoms. The zero-order valence-corrected chi connectivity index (χ0v) is 10.2. The fourth-order valence-electron chi connectivity index (χ4n) is 1.60. The highest BCUT2D eigenvalue weighted by atomic mass is 16.2. The molecule has 0 atom stereocenters. The van der Waals surface area contributed by atoms with Crippen molar-refractivity contribution in [3.05, 3.63) is 17.9 Å². The predicted molar refractivity (Wildman–Crippen MR) is 67.0 cm³/mol. The maximum Gasteiger partial charge on any atom is 0.0686 e. The predicted octanol–water partition coefficient (Wildman–Crippen LogP) is 4.22. The van der Waals surface area contributed by atoms with E-state index >= 15 is 0 Å². The van der Waals surface area contributed by atoms with Crippen LogP contribution in [0, 0.1) is 0 Å². The van der Waals surface area contributed by atoms with Crippen molar-refractivity contribution in [3.63, 3.8) is 0 Å². The summed E-state index contributed by atoms with van der Waals surface area (Å²) in [6, 6.07) is 0. The van der Waals surface area contributed by atoms with Gasteiger partial charge in [-0.15, -0.1) is 5.73 Å². The molecule has 0 amide bonds. The third-order valence-corrected chi connectivity index (χ3v) is 2.53. The van der Waals surface area contributed by atoms with Crippen LogP contribution in [0.1, 0.15) is 64.7 Å². The zero-order valence-electron chi connectivity index (χ0n) is 10.2. The third kappa shape index (κ3) is 13.5. The number of unbranched alkanes of at least 4 members (excludes halogenated alkanes) is 8. The maximum atomic E-state index is 8.47. The van der Waals surface area contributed by atoms with Crippen LogP contribution < -0.4 is 0 Å². The van der Waals surface area contributed by atoms with Gasteiger partial charge in [0.1, 0.15) is 0 Å². The molecule has 0 fully saturated rings. The van der Waals surface area contributed by atoms with Crippen molar-refractivity contribution in [3.8, 4) is 0 Å². The largest absolute Gasteiger partial charge is 0.392 e. The van der Waals surface area contributed by atoms with Crippen LogP contribution in [0.25, 0.3) is 0 Å². The first-order valence-corrected chi connectivity index (χ1v) is 6.42. The highest BCUT2D eigenvalue weighted by Crippen LogP contribution is 2.09. The second-order valence-corrected chi connectivity index (χ2v) is 4.02. The van der Waals surface area contributed by atoms with Gasteiger partial charge in [0.2, 0.25) is 0 Å². The van der Waals surface area contributed by atoms with Gasteiger partial charge in [-0.05, 0) is 25.0 Å². The molecule has 0 saturated heterocycles. The van der Waals surface area contributed by atoms with Crippen molar-refractivity contribution in [2.45, 2.75) is 64.7 Å². The molecule has 0 aromatic heterocycles. The van der Waals surface area contributed by atoms with Crippen LogP contribution in [0.4, 0.5) is 0 Å². The zero-order chi connectivity index (χ0) is 11.2. The quantitative estimate of drug-likeness (QED) is 0.423. The summed E-state index contributed by atoms with van der Waals surface area (Å²) in [5, 5.41) is 8.47. The molecule has 0 aliphatic heterocycles. The van der Waals surface area contributed by atoms with Gasteiger partial charge < -0.3 is 5.11 Å². The van der Waals surface area contributed by atoms with Crippen LogP contribution in [0.3, 0.4) is 0 Å². The first kappa shape index (κ1) is 14.5. The molecule has 0 aromatic carbocycles. The molecule has 0 aliphatic rings. The Balaban J connectivity index is 3.02. The second-order valence-electron chi connectivity index (χ2n) is 4.02. The van der Waals surface area contributed by atoms with Gasteiger partial charge in [-0.2, -0.15) is 0 Å². The molecule has 0 unspecified atom stereocenters. The van der Waals surface area contributed by atoms with E-state index in [2.05, 4.69) is 12.7 Å². The second kappa shape index (κ2) is 13.5. The molecule has 0 aliphatic carbocycles.